The summed E-state index contributed by atoms with van der Waals surface area (Å²) in [5, 5.41) is 8.42. The number of rotatable bonds is 4. The largest absolute Gasteiger partial charge is 0.338 e. The van der Waals surface area contributed by atoms with Gasteiger partial charge in [0.15, 0.2) is 0 Å². The standard InChI is InChI=1S/C14H15Cl2N3O/c15-11-6-5-9(7-12(11)16)14-18-13(20-19-14)8-17-10-3-1-2-4-10/h5-7,10,17H,1-4,8H2. The SMILES string of the molecule is Clc1ccc(-c2noc(CNC3CCCC3)n2)cc1Cl. The van der Waals surface area contributed by atoms with Gasteiger partial charge in [0.2, 0.25) is 11.7 Å². The van der Waals surface area contributed by atoms with Gasteiger partial charge in [0.05, 0.1) is 16.6 Å². The molecule has 1 aliphatic carbocycles. The highest BCUT2D eigenvalue weighted by Crippen LogP contribution is 2.27. The number of hydrogen-bond acceptors (Lipinski definition) is 4. The molecule has 106 valence electrons. The molecule has 1 aliphatic rings. The Morgan fingerprint density at radius 2 is 2.00 bits per heavy atom. The predicted octanol–water partition coefficient (Wildman–Crippen LogP) is 4.08. The highest BCUT2D eigenvalue weighted by atomic mass is 35.5. The third-order valence-corrected chi connectivity index (χ3v) is 4.28. The Labute approximate surface area is 127 Å². The Kier molecular flexibility index (Phi) is 4.24. The van der Waals surface area contributed by atoms with Crippen LogP contribution in [0.5, 0.6) is 0 Å². The molecule has 0 atom stereocenters. The van der Waals surface area contributed by atoms with E-state index in [1.165, 1.54) is 25.7 Å². The first kappa shape index (κ1) is 13.9. The fraction of sp³-hybridized carbons (Fsp3) is 0.429. The zero-order valence-corrected chi connectivity index (χ0v) is 12.4. The molecule has 0 unspecified atom stereocenters. The molecule has 1 aromatic carbocycles. The molecule has 1 heterocycles. The molecule has 3 rings (SSSR count). The fourth-order valence-corrected chi connectivity index (χ4v) is 2.74. The van der Waals surface area contributed by atoms with Crippen LogP contribution in [0.25, 0.3) is 11.4 Å². The van der Waals surface area contributed by atoms with Crippen molar-refractivity contribution in [1.82, 2.24) is 15.5 Å². The molecule has 20 heavy (non-hydrogen) atoms. The van der Waals surface area contributed by atoms with Gasteiger partial charge >= 0.3 is 0 Å². The zero-order chi connectivity index (χ0) is 13.9. The number of nitrogens with one attached hydrogen (secondary N) is 1. The number of nitrogens with zero attached hydrogens (tertiary/aromatic N) is 2. The molecule has 2 aromatic rings. The molecule has 0 saturated heterocycles. The maximum absolute atomic E-state index is 5.99. The van der Waals surface area contributed by atoms with Gasteiger partial charge in [-0.1, -0.05) is 41.2 Å². The van der Waals surface area contributed by atoms with Gasteiger partial charge in [-0.05, 0) is 31.0 Å². The van der Waals surface area contributed by atoms with Crippen molar-refractivity contribution in [3.05, 3.63) is 34.1 Å². The van der Waals surface area contributed by atoms with Gasteiger partial charge in [-0.15, -0.1) is 0 Å². The Morgan fingerprint density at radius 1 is 1.20 bits per heavy atom. The molecule has 0 radical (unpaired) electrons. The monoisotopic (exact) mass is 311 g/mol. The van der Waals surface area contributed by atoms with Crippen molar-refractivity contribution in [1.29, 1.82) is 0 Å². The summed E-state index contributed by atoms with van der Waals surface area (Å²) >= 11 is 11.9. The van der Waals surface area contributed by atoms with E-state index in [1.807, 2.05) is 6.07 Å². The Hall–Kier alpha value is -1.10. The summed E-state index contributed by atoms with van der Waals surface area (Å²) in [4.78, 5) is 4.37. The number of benzene rings is 1. The molecule has 1 aromatic heterocycles. The number of aromatic nitrogens is 2. The van der Waals surface area contributed by atoms with E-state index in [1.54, 1.807) is 12.1 Å². The van der Waals surface area contributed by atoms with E-state index >= 15 is 0 Å². The maximum atomic E-state index is 5.99. The normalized spacial score (nSPS) is 15.9. The lowest BCUT2D eigenvalue weighted by molar-refractivity contribution is 0.357. The molecule has 6 heteroatoms. The molecule has 1 saturated carbocycles. The van der Waals surface area contributed by atoms with Gasteiger partial charge in [-0.3, -0.25) is 0 Å². The first-order valence-electron chi connectivity index (χ1n) is 6.74. The molecule has 0 amide bonds. The third kappa shape index (κ3) is 3.14. The quantitative estimate of drug-likeness (QED) is 0.924. The van der Waals surface area contributed by atoms with E-state index < -0.39 is 0 Å². The van der Waals surface area contributed by atoms with E-state index in [-0.39, 0.29) is 0 Å². The first-order valence-corrected chi connectivity index (χ1v) is 7.49. The van der Waals surface area contributed by atoms with E-state index in [4.69, 9.17) is 27.7 Å². The molecule has 0 bridgehead atoms. The van der Waals surface area contributed by atoms with Crippen molar-refractivity contribution in [2.75, 3.05) is 0 Å². The summed E-state index contributed by atoms with van der Waals surface area (Å²) in [6.45, 7) is 0.610. The highest BCUT2D eigenvalue weighted by Gasteiger charge is 2.16. The molecule has 0 spiro atoms. The van der Waals surface area contributed by atoms with Crippen LogP contribution in [0.3, 0.4) is 0 Å². The average molecular weight is 312 g/mol. The van der Waals surface area contributed by atoms with E-state index in [9.17, 15) is 0 Å². The Bertz CT molecular complexity index is 594. The van der Waals surface area contributed by atoms with Crippen molar-refractivity contribution in [2.24, 2.45) is 0 Å². The van der Waals surface area contributed by atoms with Crippen LogP contribution in [0.15, 0.2) is 22.7 Å². The average Bonchev–Trinajstić information content (AvgIpc) is 3.10. The number of halogens is 2. The van der Waals surface area contributed by atoms with Crippen LogP contribution in [0.4, 0.5) is 0 Å². The predicted molar refractivity (Wildman–Crippen MR) is 78.8 cm³/mol. The topological polar surface area (TPSA) is 51.0 Å². The van der Waals surface area contributed by atoms with Crippen molar-refractivity contribution < 1.29 is 4.52 Å². The molecule has 1 N–H and O–H groups in total. The molecular formula is C14H15Cl2N3O. The second-order valence-corrected chi connectivity index (χ2v) is 5.82. The summed E-state index contributed by atoms with van der Waals surface area (Å²) in [5.74, 6) is 1.13. The third-order valence-electron chi connectivity index (χ3n) is 3.54. The van der Waals surface area contributed by atoms with E-state index in [0.29, 0.717) is 34.3 Å². The Morgan fingerprint density at radius 3 is 2.75 bits per heavy atom. The molecule has 1 fully saturated rings. The highest BCUT2D eigenvalue weighted by molar-refractivity contribution is 6.42. The zero-order valence-electron chi connectivity index (χ0n) is 10.9. The Balaban J connectivity index is 1.67. The summed E-state index contributed by atoms with van der Waals surface area (Å²) in [7, 11) is 0. The van der Waals surface area contributed by atoms with Gasteiger partial charge in [-0.2, -0.15) is 4.98 Å². The minimum absolute atomic E-state index is 0.486. The van der Waals surface area contributed by atoms with Crippen LogP contribution in [-0.4, -0.2) is 16.2 Å². The van der Waals surface area contributed by atoms with Crippen molar-refractivity contribution >= 4 is 23.2 Å². The van der Waals surface area contributed by atoms with Crippen molar-refractivity contribution in [2.45, 2.75) is 38.3 Å². The van der Waals surface area contributed by atoms with E-state index in [0.717, 1.165) is 5.56 Å². The van der Waals surface area contributed by atoms with Crippen molar-refractivity contribution in [3.63, 3.8) is 0 Å². The smallest absolute Gasteiger partial charge is 0.240 e. The summed E-state index contributed by atoms with van der Waals surface area (Å²) in [6, 6.07) is 5.87. The van der Waals surface area contributed by atoms with Gasteiger partial charge < -0.3 is 9.84 Å². The van der Waals surface area contributed by atoms with Crippen LogP contribution in [0, 0.1) is 0 Å². The van der Waals surface area contributed by atoms with Gasteiger partial charge in [0, 0.05) is 11.6 Å². The van der Waals surface area contributed by atoms with Crippen LogP contribution >= 0.6 is 23.2 Å². The van der Waals surface area contributed by atoms with Crippen molar-refractivity contribution in [3.8, 4) is 11.4 Å². The minimum Gasteiger partial charge on any atom is -0.338 e. The molecule has 0 aliphatic heterocycles. The maximum Gasteiger partial charge on any atom is 0.240 e. The summed E-state index contributed by atoms with van der Waals surface area (Å²) < 4.78 is 5.25. The summed E-state index contributed by atoms with van der Waals surface area (Å²) in [6.07, 6.45) is 5.06. The second kappa shape index (κ2) is 6.12. The van der Waals surface area contributed by atoms with Crippen LogP contribution in [0.2, 0.25) is 10.0 Å². The number of hydrogen-bond donors (Lipinski definition) is 1. The van der Waals surface area contributed by atoms with E-state index in [2.05, 4.69) is 15.5 Å². The lowest BCUT2D eigenvalue weighted by Crippen LogP contribution is -2.25. The van der Waals surface area contributed by atoms with Crippen LogP contribution < -0.4 is 5.32 Å². The molecular weight excluding hydrogens is 297 g/mol. The lowest BCUT2D eigenvalue weighted by Gasteiger charge is -2.08. The summed E-state index contributed by atoms with van der Waals surface area (Å²) in [5.41, 5.74) is 0.801. The van der Waals surface area contributed by atoms with Crippen LogP contribution in [-0.2, 0) is 6.54 Å². The lowest BCUT2D eigenvalue weighted by atomic mass is 10.2. The van der Waals surface area contributed by atoms with Crippen LogP contribution in [0.1, 0.15) is 31.6 Å². The van der Waals surface area contributed by atoms with Gasteiger partial charge in [-0.25, -0.2) is 0 Å². The van der Waals surface area contributed by atoms with Gasteiger partial charge in [0.1, 0.15) is 0 Å². The molecule has 4 nitrogen and oxygen atoms in total. The minimum atomic E-state index is 0.486. The van der Waals surface area contributed by atoms with Gasteiger partial charge in [0.25, 0.3) is 0 Å². The fourth-order valence-electron chi connectivity index (χ4n) is 2.44. The second-order valence-electron chi connectivity index (χ2n) is 5.00. The first-order chi connectivity index (χ1) is 9.72.